The summed E-state index contributed by atoms with van der Waals surface area (Å²) in [6.07, 6.45) is 3.61. The Morgan fingerprint density at radius 3 is 2.55 bits per heavy atom. The lowest BCUT2D eigenvalue weighted by molar-refractivity contribution is -0.117. The predicted octanol–water partition coefficient (Wildman–Crippen LogP) is 6.62. The van der Waals surface area contributed by atoms with Gasteiger partial charge in [0.05, 0.1) is 40.7 Å². The van der Waals surface area contributed by atoms with Crippen molar-refractivity contribution >= 4 is 34.5 Å². The maximum atomic E-state index is 13.4. The van der Waals surface area contributed by atoms with Crippen molar-refractivity contribution < 1.29 is 14.4 Å². The van der Waals surface area contributed by atoms with E-state index in [2.05, 4.69) is 39.1 Å². The molecule has 1 unspecified atom stereocenters. The molecular formula is C32H28ClN5O3S. The number of nitrogens with zero attached hydrogens (tertiary/aromatic N) is 4. The van der Waals surface area contributed by atoms with Gasteiger partial charge in [0, 0.05) is 29.1 Å². The monoisotopic (exact) mass is 597 g/mol. The van der Waals surface area contributed by atoms with Gasteiger partial charge >= 0.3 is 0 Å². The van der Waals surface area contributed by atoms with Crippen LogP contribution in [0.2, 0.25) is 5.02 Å². The number of rotatable bonds is 4. The summed E-state index contributed by atoms with van der Waals surface area (Å²) in [5, 5.41) is 17.6. The van der Waals surface area contributed by atoms with Gasteiger partial charge in [0.25, 0.3) is 0 Å². The molecule has 2 atom stereocenters. The number of fused-ring (bicyclic) bond motifs is 3. The third-order valence-electron chi connectivity index (χ3n) is 7.62. The van der Waals surface area contributed by atoms with Gasteiger partial charge < -0.3 is 19.5 Å². The average Bonchev–Trinajstić information content (AvgIpc) is 3.63. The lowest BCUT2D eigenvalue weighted by Gasteiger charge is -2.33. The van der Waals surface area contributed by atoms with Crippen molar-refractivity contribution in [1.29, 1.82) is 0 Å². The van der Waals surface area contributed by atoms with Crippen LogP contribution >= 0.6 is 22.9 Å². The van der Waals surface area contributed by atoms with Gasteiger partial charge in [0.15, 0.2) is 5.76 Å². The molecule has 0 radical (unpaired) electrons. The third kappa shape index (κ3) is 5.09. The van der Waals surface area contributed by atoms with Gasteiger partial charge in [0.2, 0.25) is 5.91 Å². The number of imidazole rings is 1. The molecule has 0 aliphatic carbocycles. The van der Waals surface area contributed by atoms with Crippen LogP contribution < -0.4 is 5.32 Å². The molecule has 5 aromatic rings. The van der Waals surface area contributed by atoms with Crippen LogP contribution in [0.4, 0.5) is 5.69 Å². The predicted molar refractivity (Wildman–Crippen MR) is 164 cm³/mol. The zero-order valence-corrected chi connectivity index (χ0v) is 25.0. The topological polar surface area (TPSA) is 96.4 Å². The Morgan fingerprint density at radius 2 is 1.86 bits per heavy atom. The average molecular weight is 598 g/mol. The van der Waals surface area contributed by atoms with Gasteiger partial charge in [-0.25, -0.2) is 4.98 Å². The number of amides is 1. The van der Waals surface area contributed by atoms with Crippen LogP contribution in [-0.2, 0) is 11.8 Å². The van der Waals surface area contributed by atoms with Gasteiger partial charge in [0.1, 0.15) is 11.4 Å². The van der Waals surface area contributed by atoms with E-state index in [1.807, 2.05) is 49.9 Å². The molecule has 0 saturated heterocycles. The molecule has 0 bridgehead atoms. The second-order valence-electron chi connectivity index (χ2n) is 10.4. The number of aromatic hydroxyl groups is 1. The largest absolute Gasteiger partial charge is 0.508 e. The molecule has 212 valence electrons. The fraction of sp³-hybridized carbons (Fsp3) is 0.219. The summed E-state index contributed by atoms with van der Waals surface area (Å²) >= 11 is 7.90. The maximum absolute atomic E-state index is 13.4. The van der Waals surface area contributed by atoms with Crippen LogP contribution in [0.5, 0.6) is 5.75 Å². The Labute approximate surface area is 252 Å². The molecule has 1 aliphatic heterocycles. The number of phenols is 1. The first-order valence-electron chi connectivity index (χ1n) is 13.4. The van der Waals surface area contributed by atoms with Crippen LogP contribution in [0.3, 0.4) is 0 Å². The highest BCUT2D eigenvalue weighted by Gasteiger charge is 2.41. The number of benzene rings is 2. The Bertz CT molecular complexity index is 1840. The minimum Gasteiger partial charge on any atom is -0.508 e. The quantitative estimate of drug-likeness (QED) is 0.179. The van der Waals surface area contributed by atoms with Crippen molar-refractivity contribution in [3.8, 4) is 28.0 Å². The number of halogens is 1. The fourth-order valence-corrected chi connectivity index (χ4v) is 6.85. The molecule has 10 heteroatoms. The second-order valence-corrected chi connectivity index (χ2v) is 11.8. The standard InChI is InChI=1S/C32H28ClN5O3S/c1-18-26(14-11-23-16-34-17-37(23)3)42-32-28(18)30(20-5-7-21(33)8-6-20)38(4)25(31-29(32)19(2)36-41-31)15-27(40)35-22-9-12-24(39)13-10-22/h5-10,12-13,16-17,25,30,39H,15H2,1-4H3,(H,35,40)/t25-,30?/m0/s1. The number of aromatic nitrogens is 3. The Balaban J connectivity index is 1.48. The highest BCUT2D eigenvalue weighted by molar-refractivity contribution is 7.16. The number of nitrogens with one attached hydrogen (secondary N) is 1. The number of thiophene rings is 1. The molecule has 0 spiro atoms. The molecule has 4 heterocycles. The van der Waals surface area contributed by atoms with Gasteiger partial charge in [-0.2, -0.15) is 0 Å². The van der Waals surface area contributed by atoms with E-state index < -0.39 is 6.04 Å². The Hall–Kier alpha value is -4.36. The van der Waals surface area contributed by atoms with E-state index in [0.29, 0.717) is 16.5 Å². The minimum atomic E-state index is -0.415. The van der Waals surface area contributed by atoms with Crippen LogP contribution in [0.25, 0.3) is 10.4 Å². The van der Waals surface area contributed by atoms with E-state index in [1.54, 1.807) is 36.0 Å². The molecule has 8 nitrogen and oxygen atoms in total. The van der Waals surface area contributed by atoms with Crippen molar-refractivity contribution in [3.63, 3.8) is 0 Å². The minimum absolute atomic E-state index is 0.129. The SMILES string of the molecule is Cc1noc2c1-c1sc(C#Cc3cncn3C)c(C)c1C(c1ccc(Cl)cc1)N(C)[C@H]2CC(=O)Nc1ccc(O)cc1. The molecule has 1 aliphatic rings. The lowest BCUT2D eigenvalue weighted by Crippen LogP contribution is -2.32. The van der Waals surface area contributed by atoms with Crippen molar-refractivity contribution in [2.45, 2.75) is 32.4 Å². The normalized spacial score (nSPS) is 16.2. The van der Waals surface area contributed by atoms with E-state index >= 15 is 0 Å². The first kappa shape index (κ1) is 27.8. The number of carbonyl (C=O) groups is 1. The van der Waals surface area contributed by atoms with E-state index in [1.165, 1.54) is 12.1 Å². The summed E-state index contributed by atoms with van der Waals surface area (Å²) in [5.41, 5.74) is 6.29. The van der Waals surface area contributed by atoms with Gasteiger partial charge in [-0.05, 0) is 85.8 Å². The second kappa shape index (κ2) is 11.1. The number of carbonyl (C=O) groups excluding carboxylic acids is 1. The van der Waals surface area contributed by atoms with Gasteiger partial charge in [-0.1, -0.05) is 28.9 Å². The number of phenolic OH excluding ortho intramolecular Hbond substituents is 1. The Morgan fingerprint density at radius 1 is 1.12 bits per heavy atom. The van der Waals surface area contributed by atoms with Crippen molar-refractivity contribution in [3.05, 3.63) is 105 Å². The van der Waals surface area contributed by atoms with E-state index in [-0.39, 0.29) is 24.1 Å². The summed E-state index contributed by atoms with van der Waals surface area (Å²) in [7, 11) is 3.93. The van der Waals surface area contributed by atoms with Crippen LogP contribution in [-0.4, -0.2) is 37.7 Å². The molecule has 1 amide bonds. The molecule has 0 fully saturated rings. The molecule has 0 saturated carbocycles. The van der Waals surface area contributed by atoms with E-state index in [0.717, 1.165) is 43.4 Å². The molecule has 2 aromatic carbocycles. The first-order chi connectivity index (χ1) is 20.2. The van der Waals surface area contributed by atoms with E-state index in [9.17, 15) is 9.90 Å². The van der Waals surface area contributed by atoms with Crippen molar-refractivity contribution in [1.82, 2.24) is 19.6 Å². The zero-order valence-electron chi connectivity index (χ0n) is 23.5. The van der Waals surface area contributed by atoms with Crippen molar-refractivity contribution in [2.75, 3.05) is 12.4 Å². The summed E-state index contributed by atoms with van der Waals surface area (Å²) in [6.45, 7) is 4.03. The molecule has 3 aromatic heterocycles. The van der Waals surface area contributed by atoms with Gasteiger partial charge in [-0.15, -0.1) is 11.3 Å². The molecule has 2 N–H and O–H groups in total. The zero-order chi connectivity index (χ0) is 29.5. The van der Waals surface area contributed by atoms with Crippen LogP contribution in [0.15, 0.2) is 65.6 Å². The maximum Gasteiger partial charge on any atom is 0.226 e. The van der Waals surface area contributed by atoms with Crippen LogP contribution in [0.1, 0.15) is 57.2 Å². The number of hydrogen-bond acceptors (Lipinski definition) is 7. The fourth-order valence-electron chi connectivity index (χ4n) is 5.43. The highest BCUT2D eigenvalue weighted by atomic mass is 35.5. The van der Waals surface area contributed by atoms with Crippen LogP contribution in [0, 0.1) is 25.7 Å². The third-order valence-corrected chi connectivity index (χ3v) is 9.11. The lowest BCUT2D eigenvalue weighted by atomic mass is 9.93. The summed E-state index contributed by atoms with van der Waals surface area (Å²) in [4.78, 5) is 21.7. The molecular weight excluding hydrogens is 570 g/mol. The van der Waals surface area contributed by atoms with E-state index in [4.69, 9.17) is 16.1 Å². The van der Waals surface area contributed by atoms with Gasteiger partial charge in [-0.3, -0.25) is 9.69 Å². The Kier molecular flexibility index (Phi) is 7.37. The highest BCUT2D eigenvalue weighted by Crippen LogP contribution is 2.52. The molecule has 6 rings (SSSR count). The number of aryl methyl sites for hydroxylation is 2. The van der Waals surface area contributed by atoms with Crippen molar-refractivity contribution in [2.24, 2.45) is 7.05 Å². The summed E-state index contributed by atoms with van der Waals surface area (Å²) in [6, 6.07) is 13.6. The first-order valence-corrected chi connectivity index (χ1v) is 14.5. The summed E-state index contributed by atoms with van der Waals surface area (Å²) in [5.74, 6) is 7.24. The smallest absolute Gasteiger partial charge is 0.226 e. The number of hydrogen-bond donors (Lipinski definition) is 2. The molecule has 42 heavy (non-hydrogen) atoms. The number of anilines is 1. The summed E-state index contributed by atoms with van der Waals surface area (Å²) < 4.78 is 7.88.